The molecule has 0 spiro atoms. The zero-order chi connectivity index (χ0) is 25.9. The Kier molecular flexibility index (Phi) is 7.96. The second-order valence-electron chi connectivity index (χ2n) is 7.46. The lowest BCUT2D eigenvalue weighted by Crippen LogP contribution is -2.60. The van der Waals surface area contributed by atoms with Crippen molar-refractivity contribution in [3.63, 3.8) is 0 Å². The topological polar surface area (TPSA) is 194 Å². The van der Waals surface area contributed by atoms with Crippen molar-refractivity contribution < 1.29 is 63.9 Å². The van der Waals surface area contributed by atoms with Crippen LogP contribution in [0, 0.1) is 0 Å². The van der Waals surface area contributed by atoms with Gasteiger partial charge < -0.3 is 59.1 Å². The summed E-state index contributed by atoms with van der Waals surface area (Å²) in [5, 5.41) is 59.5. The summed E-state index contributed by atoms with van der Waals surface area (Å²) in [6.45, 7) is -0.608. The number of phenolic OH excluding ortho intramolecular Hbond substituents is 3. The predicted molar refractivity (Wildman–Crippen MR) is 115 cm³/mol. The van der Waals surface area contributed by atoms with E-state index >= 15 is 0 Å². The summed E-state index contributed by atoms with van der Waals surface area (Å²) in [7, 11) is 4.16. The van der Waals surface area contributed by atoms with Gasteiger partial charge in [0.25, 0.3) is 0 Å². The van der Waals surface area contributed by atoms with Gasteiger partial charge in [-0.15, -0.1) is 0 Å². The van der Waals surface area contributed by atoms with E-state index < -0.39 is 60.5 Å². The van der Waals surface area contributed by atoms with Gasteiger partial charge in [-0.1, -0.05) is 0 Å². The van der Waals surface area contributed by atoms with Crippen molar-refractivity contribution in [2.45, 2.75) is 30.7 Å². The van der Waals surface area contributed by atoms with Crippen LogP contribution < -0.4 is 18.9 Å². The first-order valence-corrected chi connectivity index (χ1v) is 10.2. The zero-order valence-electron chi connectivity index (χ0n) is 18.9. The van der Waals surface area contributed by atoms with Crippen LogP contribution in [0.4, 0.5) is 0 Å². The fraction of sp³-hybridized carbons (Fsp3) is 0.409. The van der Waals surface area contributed by atoms with E-state index in [1.165, 1.54) is 33.5 Å². The standard InChI is InChI=1S/C22H26O13/c1-30-10-6-13(31-2)20(14(7-10)32-3)35-22-19(28)18(27)17(26)15(34-22)8-33-21(29)9-4-11(23)16(25)12(24)5-9/h4-7,15,17-19,22-28H,8H2,1-3H3/t15-,17-,18+,19-,22+/m1/s1. The first-order valence-electron chi connectivity index (χ1n) is 10.2. The van der Waals surface area contributed by atoms with E-state index in [1.807, 2.05) is 0 Å². The number of phenols is 3. The van der Waals surface area contributed by atoms with Crippen molar-refractivity contribution in [2.24, 2.45) is 0 Å². The van der Waals surface area contributed by atoms with Crippen LogP contribution in [0.5, 0.6) is 40.2 Å². The van der Waals surface area contributed by atoms with Gasteiger partial charge in [0.05, 0.1) is 26.9 Å². The number of aliphatic hydroxyl groups excluding tert-OH is 3. The SMILES string of the molecule is COc1cc(OC)c(O[C@@H]2O[C@H](COC(=O)c3cc(O)c(O)c(O)c3)[C@@H](O)[C@H](O)[C@H]2O)c(OC)c1. The Morgan fingerprint density at radius 1 is 0.857 bits per heavy atom. The largest absolute Gasteiger partial charge is 0.504 e. The van der Waals surface area contributed by atoms with E-state index in [0.717, 1.165) is 12.1 Å². The van der Waals surface area contributed by atoms with E-state index in [4.69, 9.17) is 28.4 Å². The average molecular weight is 498 g/mol. The second-order valence-corrected chi connectivity index (χ2v) is 7.46. The molecule has 0 aliphatic carbocycles. The monoisotopic (exact) mass is 498 g/mol. The van der Waals surface area contributed by atoms with E-state index in [1.54, 1.807) is 0 Å². The van der Waals surface area contributed by atoms with Gasteiger partial charge in [-0.05, 0) is 12.1 Å². The fourth-order valence-corrected chi connectivity index (χ4v) is 3.32. The summed E-state index contributed by atoms with van der Waals surface area (Å²) in [4.78, 5) is 12.3. The highest BCUT2D eigenvalue weighted by molar-refractivity contribution is 5.91. The van der Waals surface area contributed by atoms with Crippen LogP contribution in [0.2, 0.25) is 0 Å². The average Bonchev–Trinajstić information content (AvgIpc) is 2.85. The molecule has 0 amide bonds. The summed E-state index contributed by atoms with van der Waals surface area (Å²) >= 11 is 0. The molecule has 5 atom stereocenters. The molecule has 2 aromatic carbocycles. The Labute approximate surface area is 199 Å². The maximum absolute atomic E-state index is 12.3. The van der Waals surface area contributed by atoms with Gasteiger partial charge in [0, 0.05) is 12.1 Å². The summed E-state index contributed by atoms with van der Waals surface area (Å²) in [6.07, 6.45) is -8.01. The minimum absolute atomic E-state index is 0.00854. The number of rotatable bonds is 8. The third kappa shape index (κ3) is 5.38. The van der Waals surface area contributed by atoms with Crippen molar-refractivity contribution in [3.8, 4) is 40.2 Å². The van der Waals surface area contributed by atoms with Crippen LogP contribution in [0.3, 0.4) is 0 Å². The van der Waals surface area contributed by atoms with Gasteiger partial charge in [0.1, 0.15) is 36.8 Å². The molecule has 3 rings (SSSR count). The molecule has 0 aromatic heterocycles. The van der Waals surface area contributed by atoms with Crippen LogP contribution in [-0.2, 0) is 9.47 Å². The quantitative estimate of drug-likeness (QED) is 0.208. The number of hydrogen-bond donors (Lipinski definition) is 6. The molecule has 1 aliphatic heterocycles. The van der Waals surface area contributed by atoms with Crippen LogP contribution in [0.25, 0.3) is 0 Å². The number of methoxy groups -OCH3 is 3. The zero-order valence-corrected chi connectivity index (χ0v) is 18.9. The molecular weight excluding hydrogens is 472 g/mol. The molecule has 192 valence electrons. The van der Waals surface area contributed by atoms with Crippen molar-refractivity contribution in [1.82, 2.24) is 0 Å². The van der Waals surface area contributed by atoms with Crippen LogP contribution >= 0.6 is 0 Å². The van der Waals surface area contributed by atoms with Gasteiger partial charge in [-0.25, -0.2) is 4.79 Å². The molecule has 35 heavy (non-hydrogen) atoms. The third-order valence-electron chi connectivity index (χ3n) is 5.26. The molecule has 2 aromatic rings. The molecule has 1 saturated heterocycles. The number of carbonyl (C=O) groups excluding carboxylic acids is 1. The van der Waals surface area contributed by atoms with Crippen LogP contribution in [-0.4, -0.2) is 95.3 Å². The van der Waals surface area contributed by atoms with Crippen LogP contribution in [0.15, 0.2) is 24.3 Å². The van der Waals surface area contributed by atoms with Crippen molar-refractivity contribution in [1.29, 1.82) is 0 Å². The summed E-state index contributed by atoms with van der Waals surface area (Å²) in [5.41, 5.74) is -0.302. The second kappa shape index (κ2) is 10.7. The molecular formula is C22H26O13. The van der Waals surface area contributed by atoms with Gasteiger partial charge >= 0.3 is 5.97 Å². The number of benzene rings is 2. The predicted octanol–water partition coefficient (Wildman–Crippen LogP) is -0.127. The summed E-state index contributed by atoms with van der Waals surface area (Å²) in [5.74, 6) is -2.63. The Morgan fingerprint density at radius 2 is 1.43 bits per heavy atom. The molecule has 13 heteroatoms. The molecule has 0 bridgehead atoms. The van der Waals surface area contributed by atoms with Crippen molar-refractivity contribution in [2.75, 3.05) is 27.9 Å². The molecule has 0 unspecified atom stereocenters. The van der Waals surface area contributed by atoms with Gasteiger partial charge in [0.2, 0.25) is 12.0 Å². The lowest BCUT2D eigenvalue weighted by atomic mass is 9.99. The summed E-state index contributed by atoms with van der Waals surface area (Å²) in [6, 6.07) is 4.70. The van der Waals surface area contributed by atoms with Crippen LogP contribution in [0.1, 0.15) is 10.4 Å². The molecule has 6 N–H and O–H groups in total. The molecule has 1 fully saturated rings. The Bertz CT molecular complexity index is 1010. The van der Waals surface area contributed by atoms with Gasteiger partial charge in [0.15, 0.2) is 28.7 Å². The highest BCUT2D eigenvalue weighted by atomic mass is 16.7. The van der Waals surface area contributed by atoms with Crippen molar-refractivity contribution >= 4 is 5.97 Å². The van der Waals surface area contributed by atoms with E-state index in [0.29, 0.717) is 5.75 Å². The lowest BCUT2D eigenvalue weighted by molar-refractivity contribution is -0.277. The minimum Gasteiger partial charge on any atom is -0.504 e. The first kappa shape index (κ1) is 26.0. The minimum atomic E-state index is -1.74. The fourth-order valence-electron chi connectivity index (χ4n) is 3.32. The van der Waals surface area contributed by atoms with E-state index in [2.05, 4.69) is 0 Å². The highest BCUT2D eigenvalue weighted by Gasteiger charge is 2.46. The maximum atomic E-state index is 12.3. The smallest absolute Gasteiger partial charge is 0.338 e. The number of esters is 1. The molecule has 13 nitrogen and oxygen atoms in total. The maximum Gasteiger partial charge on any atom is 0.338 e. The molecule has 0 saturated carbocycles. The lowest BCUT2D eigenvalue weighted by Gasteiger charge is -2.40. The number of aromatic hydroxyl groups is 3. The first-order chi connectivity index (χ1) is 16.6. The molecule has 1 heterocycles. The Morgan fingerprint density at radius 3 is 1.94 bits per heavy atom. The van der Waals surface area contributed by atoms with Gasteiger partial charge in [-0.3, -0.25) is 0 Å². The number of aliphatic hydroxyl groups is 3. The van der Waals surface area contributed by atoms with Crippen molar-refractivity contribution in [3.05, 3.63) is 29.8 Å². The number of ether oxygens (including phenoxy) is 6. The Balaban J connectivity index is 1.77. The molecule has 0 radical (unpaired) electrons. The Hall–Kier alpha value is -3.65. The third-order valence-corrected chi connectivity index (χ3v) is 5.26. The normalized spacial score (nSPS) is 23.9. The summed E-state index contributed by atoms with van der Waals surface area (Å²) < 4.78 is 32.0. The van der Waals surface area contributed by atoms with E-state index in [-0.39, 0.29) is 22.8 Å². The number of carbonyl (C=O) groups is 1. The number of hydrogen-bond acceptors (Lipinski definition) is 13. The van der Waals surface area contributed by atoms with Gasteiger partial charge in [-0.2, -0.15) is 0 Å². The highest BCUT2D eigenvalue weighted by Crippen LogP contribution is 2.42. The molecule has 1 aliphatic rings. The van der Waals surface area contributed by atoms with E-state index in [9.17, 15) is 35.4 Å².